The molecule has 6 heteroatoms. The van der Waals surface area contributed by atoms with Gasteiger partial charge in [0.15, 0.2) is 0 Å². The monoisotopic (exact) mass is 251 g/mol. The molecule has 0 aromatic heterocycles. The number of carbonyl (C=O) groups is 1. The summed E-state index contributed by atoms with van der Waals surface area (Å²) < 4.78 is 0. The van der Waals surface area contributed by atoms with Gasteiger partial charge >= 0.3 is 0 Å². The van der Waals surface area contributed by atoms with E-state index >= 15 is 0 Å². The zero-order valence-corrected chi connectivity index (χ0v) is 10.5. The summed E-state index contributed by atoms with van der Waals surface area (Å²) in [7, 11) is 1.62. The minimum absolute atomic E-state index is 0.123. The zero-order chi connectivity index (χ0) is 13.7. The number of aryl methyl sites for hydroxylation is 1. The summed E-state index contributed by atoms with van der Waals surface area (Å²) in [5, 5.41) is 11.0. The molecule has 1 aromatic carbocycles. The molecule has 0 unspecified atom stereocenters. The molecule has 0 aliphatic heterocycles. The lowest BCUT2D eigenvalue weighted by molar-refractivity contribution is -0.385. The molecule has 0 radical (unpaired) electrons. The van der Waals surface area contributed by atoms with Crippen molar-refractivity contribution in [3.63, 3.8) is 0 Å². The number of carbonyl (C=O) groups excluding carboxylic acids is 1. The Kier molecular flexibility index (Phi) is 4.79. The smallest absolute Gasteiger partial charge is 0.285 e. The summed E-state index contributed by atoms with van der Waals surface area (Å²) in [5.74, 6) is -0.348. The summed E-state index contributed by atoms with van der Waals surface area (Å²) in [6, 6.07) is 4.74. The molecule has 18 heavy (non-hydrogen) atoms. The fourth-order valence-electron chi connectivity index (χ4n) is 1.71. The Morgan fingerprint density at radius 3 is 2.72 bits per heavy atom. The highest BCUT2D eigenvalue weighted by molar-refractivity contribution is 5.98. The Morgan fingerprint density at radius 2 is 2.17 bits per heavy atom. The minimum Gasteiger partial charge on any atom is -0.341 e. The van der Waals surface area contributed by atoms with E-state index in [2.05, 4.69) is 0 Å². The van der Waals surface area contributed by atoms with E-state index in [1.54, 1.807) is 26.1 Å². The lowest BCUT2D eigenvalue weighted by Crippen LogP contribution is -2.29. The molecule has 0 fully saturated rings. The Labute approximate surface area is 106 Å². The van der Waals surface area contributed by atoms with E-state index in [0.717, 1.165) is 0 Å². The number of hydrogen-bond donors (Lipinski definition) is 1. The van der Waals surface area contributed by atoms with Crippen molar-refractivity contribution in [2.75, 3.05) is 20.1 Å². The van der Waals surface area contributed by atoms with Crippen LogP contribution in [0.2, 0.25) is 0 Å². The topological polar surface area (TPSA) is 89.5 Å². The van der Waals surface area contributed by atoms with Gasteiger partial charge in [0.05, 0.1) is 4.92 Å². The Bertz CT molecular complexity index is 460. The van der Waals surface area contributed by atoms with Crippen molar-refractivity contribution in [3.8, 4) is 0 Å². The molecule has 1 aromatic rings. The zero-order valence-electron chi connectivity index (χ0n) is 10.5. The Balaban J connectivity index is 3.05. The van der Waals surface area contributed by atoms with Gasteiger partial charge in [-0.3, -0.25) is 14.9 Å². The highest BCUT2D eigenvalue weighted by Gasteiger charge is 2.24. The maximum Gasteiger partial charge on any atom is 0.285 e. The molecular weight excluding hydrogens is 234 g/mol. The number of para-hydroxylation sites is 1. The van der Waals surface area contributed by atoms with Crippen LogP contribution in [-0.2, 0) is 0 Å². The van der Waals surface area contributed by atoms with Gasteiger partial charge in [-0.1, -0.05) is 12.1 Å². The summed E-state index contributed by atoms with van der Waals surface area (Å²) in [4.78, 5) is 24.0. The van der Waals surface area contributed by atoms with Crippen LogP contribution < -0.4 is 5.73 Å². The first kappa shape index (κ1) is 14.1. The van der Waals surface area contributed by atoms with Gasteiger partial charge in [0.2, 0.25) is 0 Å². The molecule has 1 rings (SSSR count). The second-order valence-corrected chi connectivity index (χ2v) is 4.10. The van der Waals surface area contributed by atoms with Gasteiger partial charge in [-0.15, -0.1) is 0 Å². The quantitative estimate of drug-likeness (QED) is 0.631. The predicted octanol–water partition coefficient (Wildman–Crippen LogP) is 1.32. The van der Waals surface area contributed by atoms with E-state index in [9.17, 15) is 14.9 Å². The second-order valence-electron chi connectivity index (χ2n) is 4.10. The maximum absolute atomic E-state index is 12.1. The lowest BCUT2D eigenvalue weighted by Gasteiger charge is -2.17. The number of amides is 1. The second kappa shape index (κ2) is 6.11. The van der Waals surface area contributed by atoms with Crippen LogP contribution in [0.1, 0.15) is 22.3 Å². The summed E-state index contributed by atoms with van der Waals surface area (Å²) in [6.45, 7) is 2.59. The first-order valence-electron chi connectivity index (χ1n) is 5.68. The number of nitro benzene ring substituents is 1. The van der Waals surface area contributed by atoms with Crippen LogP contribution in [0.4, 0.5) is 5.69 Å². The third-order valence-electron chi connectivity index (χ3n) is 2.70. The number of benzene rings is 1. The highest BCUT2D eigenvalue weighted by atomic mass is 16.6. The first-order chi connectivity index (χ1) is 8.49. The number of nitrogens with zero attached hydrogens (tertiary/aromatic N) is 2. The van der Waals surface area contributed by atoms with Crippen molar-refractivity contribution in [2.45, 2.75) is 13.3 Å². The van der Waals surface area contributed by atoms with Crippen LogP contribution in [0.5, 0.6) is 0 Å². The third-order valence-corrected chi connectivity index (χ3v) is 2.70. The molecule has 6 nitrogen and oxygen atoms in total. The summed E-state index contributed by atoms with van der Waals surface area (Å²) in [5.41, 5.74) is 5.86. The van der Waals surface area contributed by atoms with Crippen molar-refractivity contribution < 1.29 is 9.72 Å². The lowest BCUT2D eigenvalue weighted by atomic mass is 10.1. The molecule has 0 heterocycles. The highest BCUT2D eigenvalue weighted by Crippen LogP contribution is 2.24. The van der Waals surface area contributed by atoms with E-state index < -0.39 is 4.92 Å². The number of nitro groups is 1. The molecular formula is C12H17N3O3. The van der Waals surface area contributed by atoms with Crippen LogP contribution in [-0.4, -0.2) is 35.9 Å². The first-order valence-corrected chi connectivity index (χ1v) is 5.68. The molecule has 0 saturated carbocycles. The summed E-state index contributed by atoms with van der Waals surface area (Å²) >= 11 is 0. The molecule has 0 saturated heterocycles. The number of rotatable bonds is 5. The molecule has 98 valence electrons. The van der Waals surface area contributed by atoms with Gasteiger partial charge in [0.1, 0.15) is 5.56 Å². The molecule has 0 spiro atoms. The number of hydrogen-bond acceptors (Lipinski definition) is 4. The van der Waals surface area contributed by atoms with Crippen LogP contribution in [0.25, 0.3) is 0 Å². The summed E-state index contributed by atoms with van der Waals surface area (Å²) in [6.07, 6.45) is 0.669. The Hall–Kier alpha value is -1.95. The molecule has 0 atom stereocenters. The standard InChI is InChI=1S/C12H17N3O3/c1-9-5-3-6-10(11(9)15(17)18)12(16)14(2)8-4-7-13/h3,5-6H,4,7-8,13H2,1-2H3. The fraction of sp³-hybridized carbons (Fsp3) is 0.417. The van der Waals surface area contributed by atoms with Crippen LogP contribution in [0, 0.1) is 17.0 Å². The van der Waals surface area contributed by atoms with Gasteiger partial charge in [-0.2, -0.15) is 0 Å². The van der Waals surface area contributed by atoms with E-state index in [0.29, 0.717) is 25.1 Å². The van der Waals surface area contributed by atoms with Gasteiger partial charge in [0.25, 0.3) is 11.6 Å². The molecule has 0 bridgehead atoms. The number of nitrogens with two attached hydrogens (primary N) is 1. The van der Waals surface area contributed by atoms with E-state index in [1.807, 2.05) is 0 Å². The Morgan fingerprint density at radius 1 is 1.50 bits per heavy atom. The van der Waals surface area contributed by atoms with Crippen molar-refractivity contribution >= 4 is 11.6 Å². The van der Waals surface area contributed by atoms with Gasteiger partial charge < -0.3 is 10.6 Å². The third kappa shape index (κ3) is 3.04. The van der Waals surface area contributed by atoms with Crippen molar-refractivity contribution in [1.29, 1.82) is 0 Å². The van der Waals surface area contributed by atoms with Gasteiger partial charge in [0, 0.05) is 19.2 Å². The van der Waals surface area contributed by atoms with Crippen molar-refractivity contribution in [2.24, 2.45) is 5.73 Å². The molecule has 1 amide bonds. The largest absolute Gasteiger partial charge is 0.341 e. The van der Waals surface area contributed by atoms with E-state index in [4.69, 9.17) is 5.73 Å². The van der Waals surface area contributed by atoms with Crippen LogP contribution in [0.15, 0.2) is 18.2 Å². The fourth-order valence-corrected chi connectivity index (χ4v) is 1.71. The average Bonchev–Trinajstić information content (AvgIpc) is 2.34. The molecule has 0 aliphatic carbocycles. The van der Waals surface area contributed by atoms with Gasteiger partial charge in [-0.05, 0) is 26.0 Å². The normalized spacial score (nSPS) is 10.2. The van der Waals surface area contributed by atoms with Crippen molar-refractivity contribution in [1.82, 2.24) is 4.90 Å². The van der Waals surface area contributed by atoms with Crippen LogP contribution in [0.3, 0.4) is 0 Å². The predicted molar refractivity (Wildman–Crippen MR) is 68.5 cm³/mol. The minimum atomic E-state index is -0.515. The van der Waals surface area contributed by atoms with Crippen molar-refractivity contribution in [3.05, 3.63) is 39.4 Å². The van der Waals surface area contributed by atoms with E-state index in [-0.39, 0.29) is 17.2 Å². The SMILES string of the molecule is Cc1cccc(C(=O)N(C)CCCN)c1[N+](=O)[O-]. The molecule has 0 aliphatic rings. The molecule has 2 N–H and O–H groups in total. The van der Waals surface area contributed by atoms with Crippen LogP contribution >= 0.6 is 0 Å². The van der Waals surface area contributed by atoms with Gasteiger partial charge in [-0.25, -0.2) is 0 Å². The average molecular weight is 251 g/mol. The maximum atomic E-state index is 12.1. The van der Waals surface area contributed by atoms with E-state index in [1.165, 1.54) is 11.0 Å².